The first-order valence-corrected chi connectivity index (χ1v) is 7.28. The average molecular weight is 285 g/mol. The minimum atomic E-state index is -0.289. The van der Waals surface area contributed by atoms with Crippen molar-refractivity contribution in [3.05, 3.63) is 28.8 Å². The minimum absolute atomic E-state index is 0.0415. The number of carbonyl (C=O) groups excluding carboxylic acids is 1. The van der Waals surface area contributed by atoms with Crippen molar-refractivity contribution in [2.45, 2.75) is 38.5 Å². The molecule has 3 atom stereocenters. The van der Waals surface area contributed by atoms with Gasteiger partial charge in [0.15, 0.2) is 5.78 Å². The van der Waals surface area contributed by atoms with Crippen molar-refractivity contribution < 1.29 is 9.90 Å². The largest absolute Gasteiger partial charge is 0.515 e. The first kappa shape index (κ1) is 13.9. The Morgan fingerprint density at radius 1 is 1.57 bits per heavy atom. The van der Waals surface area contributed by atoms with Crippen LogP contribution in [0.1, 0.15) is 43.6 Å². The van der Waals surface area contributed by atoms with E-state index >= 15 is 0 Å². The molecule has 1 saturated carbocycles. The van der Waals surface area contributed by atoms with E-state index in [0.29, 0.717) is 17.7 Å². The Hall–Kier alpha value is -2.09. The van der Waals surface area contributed by atoms with Gasteiger partial charge in [-0.1, -0.05) is 13.8 Å². The van der Waals surface area contributed by atoms with Crippen molar-refractivity contribution in [3.63, 3.8) is 0 Å². The Balaban J connectivity index is 2.18. The number of Topliss-reactive ketones (excluding diaryl/α,β-unsaturated/α-hetero) is 1. The highest BCUT2D eigenvalue weighted by atomic mass is 16.2. The fourth-order valence-corrected chi connectivity index (χ4v) is 4.28. The molecule has 1 heterocycles. The molecule has 1 aromatic rings. The second kappa shape index (κ2) is 4.45. The third-order valence-electron chi connectivity index (χ3n) is 5.36. The third-order valence-corrected chi connectivity index (χ3v) is 5.36. The molecule has 0 saturated heterocycles. The smallest absolute Gasteiger partial charge is 0.165 e. The summed E-state index contributed by atoms with van der Waals surface area (Å²) >= 11 is 0. The second-order valence-electron chi connectivity index (χ2n) is 6.46. The Labute approximate surface area is 123 Å². The van der Waals surface area contributed by atoms with Crippen LogP contribution in [-0.4, -0.2) is 20.7 Å². The van der Waals surface area contributed by atoms with Gasteiger partial charge in [0.2, 0.25) is 0 Å². The molecule has 1 fully saturated rings. The fourth-order valence-electron chi connectivity index (χ4n) is 4.28. The lowest BCUT2D eigenvalue weighted by Crippen LogP contribution is -2.47. The van der Waals surface area contributed by atoms with Crippen LogP contribution in [0.4, 0.5) is 0 Å². The van der Waals surface area contributed by atoms with Gasteiger partial charge in [0.1, 0.15) is 11.8 Å². The molecule has 0 radical (unpaired) electrons. The van der Waals surface area contributed by atoms with Crippen LogP contribution in [0.5, 0.6) is 0 Å². The van der Waals surface area contributed by atoms with E-state index in [1.165, 1.54) is 0 Å². The van der Waals surface area contributed by atoms with Crippen molar-refractivity contribution in [3.8, 4) is 6.07 Å². The Morgan fingerprint density at radius 3 is 2.90 bits per heavy atom. The van der Waals surface area contributed by atoms with Crippen LogP contribution in [0, 0.1) is 23.2 Å². The number of ketones is 1. The quantitative estimate of drug-likeness (QED) is 0.585. The summed E-state index contributed by atoms with van der Waals surface area (Å²) in [6.45, 7) is 4.04. The van der Waals surface area contributed by atoms with Gasteiger partial charge in [-0.3, -0.25) is 9.48 Å². The normalized spacial score (nSPS) is 33.4. The van der Waals surface area contributed by atoms with Crippen molar-refractivity contribution in [2.24, 2.45) is 18.9 Å². The van der Waals surface area contributed by atoms with Gasteiger partial charge in [-0.25, -0.2) is 0 Å². The van der Waals surface area contributed by atoms with Gasteiger partial charge in [-0.15, -0.1) is 0 Å². The third kappa shape index (κ3) is 1.68. The predicted octanol–water partition coefficient (Wildman–Crippen LogP) is 2.16. The van der Waals surface area contributed by atoms with E-state index in [2.05, 4.69) is 18.1 Å². The summed E-state index contributed by atoms with van der Waals surface area (Å²) in [6.07, 6.45) is 3.12. The van der Waals surface area contributed by atoms with E-state index < -0.39 is 0 Å². The molecule has 0 unspecified atom stereocenters. The molecule has 1 N–H and O–H groups in total. The molecule has 2 aliphatic rings. The number of aryl methyl sites for hydroxylation is 1. The molecular formula is C16H19N3O2. The molecule has 21 heavy (non-hydrogen) atoms. The summed E-state index contributed by atoms with van der Waals surface area (Å²) in [5.41, 5.74) is 2.73. The summed E-state index contributed by atoms with van der Waals surface area (Å²) in [6, 6.07) is 2.23. The van der Waals surface area contributed by atoms with Gasteiger partial charge in [0, 0.05) is 29.5 Å². The van der Waals surface area contributed by atoms with E-state index in [1.54, 1.807) is 11.7 Å². The number of hydrogen-bond acceptors (Lipinski definition) is 4. The number of carbonyl (C=O) groups is 1. The van der Waals surface area contributed by atoms with Crippen molar-refractivity contribution in [2.75, 3.05) is 0 Å². The molecule has 0 amide bonds. The topological polar surface area (TPSA) is 78.9 Å². The second-order valence-corrected chi connectivity index (χ2v) is 6.46. The minimum Gasteiger partial charge on any atom is -0.515 e. The van der Waals surface area contributed by atoms with Crippen LogP contribution in [0.3, 0.4) is 0 Å². The van der Waals surface area contributed by atoms with Gasteiger partial charge < -0.3 is 5.11 Å². The molecule has 0 aromatic carbocycles. The van der Waals surface area contributed by atoms with Crippen molar-refractivity contribution in [1.82, 2.24) is 9.78 Å². The predicted molar refractivity (Wildman–Crippen MR) is 76.6 cm³/mol. The number of rotatable bonds is 0. The SMILES string of the molecule is C[C@@H]1C(=O)/C(=C\O)C[C@]2(C)c3nn(C)c(C#N)c3CC[C@@H]12. The maximum absolute atomic E-state index is 12.3. The zero-order valence-corrected chi connectivity index (χ0v) is 12.6. The Bertz CT molecular complexity index is 695. The van der Waals surface area contributed by atoms with E-state index in [-0.39, 0.29) is 23.0 Å². The highest BCUT2D eigenvalue weighted by molar-refractivity contribution is 5.98. The lowest BCUT2D eigenvalue weighted by atomic mass is 9.55. The van der Waals surface area contributed by atoms with Gasteiger partial charge >= 0.3 is 0 Å². The summed E-state index contributed by atoms with van der Waals surface area (Å²) in [7, 11) is 1.79. The molecule has 0 bridgehead atoms. The monoisotopic (exact) mass is 285 g/mol. The van der Waals surface area contributed by atoms with Crippen LogP contribution in [0.15, 0.2) is 11.8 Å². The van der Waals surface area contributed by atoms with Crippen molar-refractivity contribution >= 4 is 5.78 Å². The highest BCUT2D eigenvalue weighted by Crippen LogP contribution is 2.52. The zero-order chi connectivity index (χ0) is 15.4. The molecule has 0 spiro atoms. The number of hydrogen-bond donors (Lipinski definition) is 1. The molecule has 5 heteroatoms. The number of aromatic nitrogens is 2. The van der Waals surface area contributed by atoms with E-state index in [1.807, 2.05) is 6.92 Å². The molecular weight excluding hydrogens is 266 g/mol. The first-order chi connectivity index (χ1) is 9.93. The summed E-state index contributed by atoms with van der Waals surface area (Å²) in [5, 5.41) is 23.3. The van der Waals surface area contributed by atoms with Crippen molar-refractivity contribution in [1.29, 1.82) is 5.26 Å². The maximum Gasteiger partial charge on any atom is 0.165 e. The van der Waals surface area contributed by atoms with Gasteiger partial charge in [0.05, 0.1) is 12.0 Å². The standard InChI is InChI=1S/C16H19N3O2/c1-9-12-5-4-11-13(7-17)19(3)18-15(11)16(12,2)6-10(8-20)14(9)21/h8-9,12,20H,4-6H2,1-3H3/b10-8-/t9-,12-,16-/m0/s1. The lowest BCUT2D eigenvalue weighted by Gasteiger charge is -2.47. The average Bonchev–Trinajstić information content (AvgIpc) is 2.80. The molecule has 5 nitrogen and oxygen atoms in total. The van der Waals surface area contributed by atoms with E-state index in [0.717, 1.165) is 30.4 Å². The Kier molecular flexibility index (Phi) is 2.94. The van der Waals surface area contributed by atoms with Crippen LogP contribution < -0.4 is 0 Å². The Morgan fingerprint density at radius 2 is 2.29 bits per heavy atom. The lowest BCUT2D eigenvalue weighted by molar-refractivity contribution is -0.124. The molecule has 110 valence electrons. The molecule has 1 aromatic heterocycles. The first-order valence-electron chi connectivity index (χ1n) is 7.28. The van der Waals surface area contributed by atoms with Crippen LogP contribution in [-0.2, 0) is 23.7 Å². The number of nitrogens with zero attached hydrogens (tertiary/aromatic N) is 3. The fraction of sp³-hybridized carbons (Fsp3) is 0.562. The zero-order valence-electron chi connectivity index (χ0n) is 12.6. The van der Waals surface area contributed by atoms with E-state index in [4.69, 9.17) is 0 Å². The van der Waals surface area contributed by atoms with E-state index in [9.17, 15) is 15.2 Å². The molecule has 2 aliphatic carbocycles. The van der Waals surface area contributed by atoms with Gasteiger partial charge in [-0.2, -0.15) is 10.4 Å². The van der Waals surface area contributed by atoms with Gasteiger partial charge in [-0.05, 0) is 25.2 Å². The number of aliphatic hydroxyl groups excluding tert-OH is 1. The highest BCUT2D eigenvalue weighted by Gasteiger charge is 2.52. The molecule has 0 aliphatic heterocycles. The number of fused-ring (bicyclic) bond motifs is 3. The van der Waals surface area contributed by atoms with Crippen LogP contribution >= 0.6 is 0 Å². The summed E-state index contributed by atoms with van der Waals surface area (Å²) in [4.78, 5) is 12.3. The summed E-state index contributed by atoms with van der Waals surface area (Å²) < 4.78 is 1.64. The number of nitriles is 1. The molecule has 3 rings (SSSR count). The number of allylic oxidation sites excluding steroid dienone is 1. The van der Waals surface area contributed by atoms with Crippen LogP contribution in [0.2, 0.25) is 0 Å². The maximum atomic E-state index is 12.3. The summed E-state index contributed by atoms with van der Waals surface area (Å²) in [5.74, 6) is 0.130. The van der Waals surface area contributed by atoms with Gasteiger partial charge in [0.25, 0.3) is 0 Å². The van der Waals surface area contributed by atoms with Crippen LogP contribution in [0.25, 0.3) is 0 Å². The number of aliphatic hydroxyl groups is 1.